The van der Waals surface area contributed by atoms with E-state index in [1.807, 2.05) is 6.07 Å². The third kappa shape index (κ3) is 3.03. The van der Waals surface area contributed by atoms with Crippen LogP contribution in [0.25, 0.3) is 0 Å². The van der Waals surface area contributed by atoms with Crippen molar-refractivity contribution in [2.75, 3.05) is 6.54 Å². The zero-order valence-corrected chi connectivity index (χ0v) is 14.5. The summed E-state index contributed by atoms with van der Waals surface area (Å²) < 4.78 is 7.60. The zero-order chi connectivity index (χ0) is 16.8. The molecule has 0 bridgehead atoms. The molecule has 6 heteroatoms. The number of nitrogens with zero attached hydrogens (tertiary/aromatic N) is 4. The zero-order valence-electron chi connectivity index (χ0n) is 14.5. The Balaban J connectivity index is 1.31. The number of aromatic nitrogens is 3. The number of oxazole rings is 1. The standard InChI is InChI=1S/C19H24N4O2/c24-19-9-8-15(13-6-7-13)21-23(19)11-14-3-2-10-22(14)12-18-20-16-4-1-5-17(16)25-18/h8-9,13-14H,1-7,10-12H2. The molecule has 0 N–H and O–H groups in total. The number of likely N-dealkylation sites (tertiary alicyclic amines) is 1. The van der Waals surface area contributed by atoms with Crippen LogP contribution in [0.15, 0.2) is 21.3 Å². The molecule has 0 spiro atoms. The molecular weight excluding hydrogens is 316 g/mol. The van der Waals surface area contributed by atoms with Crippen LogP contribution in [0, 0.1) is 0 Å². The smallest absolute Gasteiger partial charge is 0.266 e. The molecule has 3 heterocycles. The molecule has 0 radical (unpaired) electrons. The Kier molecular flexibility index (Phi) is 3.73. The minimum Gasteiger partial charge on any atom is -0.444 e. The van der Waals surface area contributed by atoms with Gasteiger partial charge in [-0.25, -0.2) is 9.67 Å². The Bertz CT molecular complexity index is 815. The number of hydrogen-bond donors (Lipinski definition) is 0. The van der Waals surface area contributed by atoms with Gasteiger partial charge in [0, 0.05) is 24.4 Å². The number of hydrogen-bond acceptors (Lipinski definition) is 5. The van der Waals surface area contributed by atoms with E-state index in [9.17, 15) is 4.79 Å². The van der Waals surface area contributed by atoms with Crippen molar-refractivity contribution in [3.8, 4) is 0 Å². The van der Waals surface area contributed by atoms with E-state index in [4.69, 9.17) is 4.42 Å². The van der Waals surface area contributed by atoms with Crippen LogP contribution in [0.3, 0.4) is 0 Å². The van der Waals surface area contributed by atoms with Crippen LogP contribution in [0.4, 0.5) is 0 Å². The molecule has 1 aliphatic heterocycles. The number of rotatable bonds is 5. The van der Waals surface area contributed by atoms with Gasteiger partial charge in [0.05, 0.1) is 24.5 Å². The summed E-state index contributed by atoms with van der Waals surface area (Å²) in [7, 11) is 0. The van der Waals surface area contributed by atoms with Crippen molar-refractivity contribution in [3.05, 3.63) is 45.5 Å². The lowest BCUT2D eigenvalue weighted by Gasteiger charge is -2.23. The van der Waals surface area contributed by atoms with Crippen molar-refractivity contribution in [1.29, 1.82) is 0 Å². The van der Waals surface area contributed by atoms with Gasteiger partial charge in [-0.2, -0.15) is 5.10 Å². The van der Waals surface area contributed by atoms with Gasteiger partial charge in [0.15, 0.2) is 0 Å². The summed E-state index contributed by atoms with van der Waals surface area (Å²) >= 11 is 0. The Labute approximate surface area is 146 Å². The van der Waals surface area contributed by atoms with E-state index < -0.39 is 0 Å². The molecule has 2 aliphatic carbocycles. The lowest BCUT2D eigenvalue weighted by Crippen LogP contribution is -2.37. The Morgan fingerprint density at radius 2 is 2.08 bits per heavy atom. The first-order valence-corrected chi connectivity index (χ1v) is 9.56. The minimum absolute atomic E-state index is 0.00588. The van der Waals surface area contributed by atoms with Gasteiger partial charge < -0.3 is 4.42 Å². The Morgan fingerprint density at radius 1 is 1.16 bits per heavy atom. The molecule has 1 saturated heterocycles. The molecule has 6 nitrogen and oxygen atoms in total. The van der Waals surface area contributed by atoms with Gasteiger partial charge in [-0.05, 0) is 51.1 Å². The molecule has 0 amide bonds. The highest BCUT2D eigenvalue weighted by Gasteiger charge is 2.29. The summed E-state index contributed by atoms with van der Waals surface area (Å²) in [4.78, 5) is 19.3. The summed E-state index contributed by atoms with van der Waals surface area (Å²) in [5.41, 5.74) is 2.24. The molecule has 3 aliphatic rings. The average molecular weight is 340 g/mol. The molecule has 1 saturated carbocycles. The van der Waals surface area contributed by atoms with Crippen molar-refractivity contribution < 1.29 is 4.42 Å². The fraction of sp³-hybridized carbons (Fsp3) is 0.632. The van der Waals surface area contributed by atoms with Gasteiger partial charge >= 0.3 is 0 Å². The molecule has 1 unspecified atom stereocenters. The predicted octanol–water partition coefficient (Wildman–Crippen LogP) is 2.26. The van der Waals surface area contributed by atoms with E-state index in [0.29, 0.717) is 18.5 Å². The van der Waals surface area contributed by atoms with E-state index in [1.54, 1.807) is 10.7 Å². The van der Waals surface area contributed by atoms with Crippen LogP contribution in [0.2, 0.25) is 0 Å². The van der Waals surface area contributed by atoms with Crippen molar-refractivity contribution in [2.45, 2.75) is 70.0 Å². The van der Waals surface area contributed by atoms with Gasteiger partial charge in [-0.1, -0.05) is 0 Å². The van der Waals surface area contributed by atoms with E-state index in [-0.39, 0.29) is 5.56 Å². The summed E-state index contributed by atoms with van der Waals surface area (Å²) in [5.74, 6) is 2.49. The first-order valence-electron chi connectivity index (χ1n) is 9.56. The highest BCUT2D eigenvalue weighted by Crippen LogP contribution is 2.38. The summed E-state index contributed by atoms with van der Waals surface area (Å²) in [5, 5.41) is 4.62. The molecule has 132 valence electrons. The molecule has 5 rings (SSSR count). The van der Waals surface area contributed by atoms with Crippen LogP contribution in [0.1, 0.15) is 61.1 Å². The quantitative estimate of drug-likeness (QED) is 0.835. The summed E-state index contributed by atoms with van der Waals surface area (Å²) in [6.45, 7) is 2.45. The normalized spacial score (nSPS) is 23.3. The van der Waals surface area contributed by atoms with Gasteiger partial charge in [0.2, 0.25) is 5.89 Å². The first-order chi connectivity index (χ1) is 12.3. The van der Waals surface area contributed by atoms with Crippen LogP contribution in [0.5, 0.6) is 0 Å². The fourth-order valence-electron chi connectivity index (χ4n) is 4.19. The number of fused-ring (bicyclic) bond motifs is 1. The SMILES string of the molecule is O=c1ccc(C2CC2)nn1CC1CCCN1Cc1nc2c(o1)CCC2. The number of aryl methyl sites for hydroxylation is 2. The molecule has 2 fully saturated rings. The molecule has 25 heavy (non-hydrogen) atoms. The molecule has 2 aromatic heterocycles. The molecule has 2 aromatic rings. The summed E-state index contributed by atoms with van der Waals surface area (Å²) in [6, 6.07) is 3.91. The maximum atomic E-state index is 12.2. The van der Waals surface area contributed by atoms with Crippen LogP contribution in [-0.4, -0.2) is 32.3 Å². The second-order valence-electron chi connectivity index (χ2n) is 7.65. The lowest BCUT2D eigenvalue weighted by atomic mass is 10.2. The van der Waals surface area contributed by atoms with Gasteiger partial charge in [-0.15, -0.1) is 0 Å². The van der Waals surface area contributed by atoms with Crippen molar-refractivity contribution in [2.24, 2.45) is 0 Å². The van der Waals surface area contributed by atoms with Crippen LogP contribution >= 0.6 is 0 Å². The van der Waals surface area contributed by atoms with E-state index in [1.165, 1.54) is 19.3 Å². The van der Waals surface area contributed by atoms with Gasteiger partial charge in [-0.3, -0.25) is 9.69 Å². The summed E-state index contributed by atoms with van der Waals surface area (Å²) in [6.07, 6.45) is 7.91. The van der Waals surface area contributed by atoms with E-state index in [0.717, 1.165) is 61.8 Å². The van der Waals surface area contributed by atoms with Gasteiger partial charge in [0.25, 0.3) is 5.56 Å². The second kappa shape index (κ2) is 6.09. The average Bonchev–Trinajstić information content (AvgIpc) is 3.02. The molecular formula is C19H24N4O2. The Hall–Kier alpha value is -1.95. The highest BCUT2D eigenvalue weighted by atomic mass is 16.4. The van der Waals surface area contributed by atoms with Crippen LogP contribution in [-0.2, 0) is 25.9 Å². The monoisotopic (exact) mass is 340 g/mol. The molecule has 0 aromatic carbocycles. The van der Waals surface area contributed by atoms with E-state index >= 15 is 0 Å². The first kappa shape index (κ1) is 15.3. The van der Waals surface area contributed by atoms with Crippen LogP contribution < -0.4 is 5.56 Å². The topological polar surface area (TPSA) is 64.2 Å². The minimum atomic E-state index is 0.00588. The van der Waals surface area contributed by atoms with Crippen molar-refractivity contribution >= 4 is 0 Å². The fourth-order valence-corrected chi connectivity index (χ4v) is 4.19. The van der Waals surface area contributed by atoms with E-state index in [2.05, 4.69) is 15.0 Å². The van der Waals surface area contributed by atoms with Crippen molar-refractivity contribution in [1.82, 2.24) is 19.7 Å². The maximum Gasteiger partial charge on any atom is 0.266 e. The second-order valence-corrected chi connectivity index (χ2v) is 7.65. The maximum absolute atomic E-state index is 12.2. The third-order valence-corrected chi connectivity index (χ3v) is 5.74. The third-order valence-electron chi connectivity index (χ3n) is 5.74. The largest absolute Gasteiger partial charge is 0.444 e. The Morgan fingerprint density at radius 3 is 2.92 bits per heavy atom. The lowest BCUT2D eigenvalue weighted by molar-refractivity contribution is 0.196. The predicted molar refractivity (Wildman–Crippen MR) is 92.4 cm³/mol. The highest BCUT2D eigenvalue weighted by molar-refractivity contribution is 5.15. The molecule has 1 atom stereocenters. The van der Waals surface area contributed by atoms with Gasteiger partial charge in [0.1, 0.15) is 5.76 Å². The van der Waals surface area contributed by atoms with Crippen molar-refractivity contribution in [3.63, 3.8) is 0 Å².